The molecule has 0 radical (unpaired) electrons. The van der Waals surface area contributed by atoms with E-state index in [2.05, 4.69) is 98.8 Å². The van der Waals surface area contributed by atoms with E-state index >= 15 is 0 Å². The molecule has 0 amide bonds. The molecule has 5 rings (SSSR count). The second-order valence-corrected chi connectivity index (χ2v) is 11.4. The van der Waals surface area contributed by atoms with E-state index in [0.29, 0.717) is 0 Å². The molecule has 0 saturated carbocycles. The Morgan fingerprint density at radius 3 is 1.39 bits per heavy atom. The molecule has 1 heterocycles. The van der Waals surface area contributed by atoms with Gasteiger partial charge in [-0.2, -0.15) is 0 Å². The maximum atomic E-state index is 5.21. The van der Waals surface area contributed by atoms with Gasteiger partial charge < -0.3 is 0 Å². The van der Waals surface area contributed by atoms with Crippen LogP contribution in [-0.2, 0) is 13.1 Å². The number of nitrogens with zero attached hydrogens (tertiary/aromatic N) is 3. The van der Waals surface area contributed by atoms with Crippen molar-refractivity contribution in [3.05, 3.63) is 138 Å². The van der Waals surface area contributed by atoms with Gasteiger partial charge >= 0.3 is 33.3 Å². The van der Waals surface area contributed by atoms with Crippen molar-refractivity contribution in [2.24, 2.45) is 9.98 Å². The van der Waals surface area contributed by atoms with Crippen molar-refractivity contribution >= 4 is 43.0 Å². The number of halogens is 2. The van der Waals surface area contributed by atoms with Gasteiger partial charge in [-0.15, -0.1) is 0 Å². The monoisotopic (exact) mass is 619 g/mol. The van der Waals surface area contributed by atoms with E-state index in [4.69, 9.17) is 35.2 Å². The molecular weight excluding hydrogens is 589 g/mol. The second kappa shape index (κ2) is 14.9. The number of aryl methyl sites for hydroxylation is 2. The quantitative estimate of drug-likeness (QED) is 0.138. The number of hydrogen-bond donors (Lipinski definition) is 0. The number of para-hydroxylation sites is 2. The van der Waals surface area contributed by atoms with Crippen molar-refractivity contribution in [1.29, 1.82) is 0 Å². The fraction of sp³-hybridized carbons (Fsp3) is 0.114. The fourth-order valence-corrected chi connectivity index (χ4v) is 4.63. The molecule has 1 aromatic heterocycles. The van der Waals surface area contributed by atoms with Crippen LogP contribution >= 0.6 is 20.2 Å². The van der Waals surface area contributed by atoms with Crippen LogP contribution in [0.4, 0.5) is 11.4 Å². The van der Waals surface area contributed by atoms with Crippen molar-refractivity contribution in [3.8, 4) is 22.3 Å². The third kappa shape index (κ3) is 7.81. The standard InChI is InChI=1S/C35H31N3.2ClH.Fe/c1-24-14-11-15-25(2)34(24)36-26(3)32-22-13-23-33(38-32)27(4)37-35-30(28-16-7-5-8-17-28)20-12-21-31(35)29-18-9-6-10-19-29;;;/h5-23H,1-4H3;2*1H;/q;;;+2/p-2. The maximum absolute atomic E-state index is 5.21. The van der Waals surface area contributed by atoms with Crippen molar-refractivity contribution < 1.29 is 13.1 Å². The minimum absolute atomic E-state index is 0.194. The van der Waals surface area contributed by atoms with Crippen LogP contribution in [0.1, 0.15) is 36.4 Å². The molecule has 5 aromatic rings. The summed E-state index contributed by atoms with van der Waals surface area (Å²) in [6.45, 7) is 8.23. The van der Waals surface area contributed by atoms with Crippen LogP contribution in [0.5, 0.6) is 0 Å². The van der Waals surface area contributed by atoms with Gasteiger partial charge in [-0.1, -0.05) is 103 Å². The molecule has 0 fully saturated rings. The van der Waals surface area contributed by atoms with Crippen LogP contribution < -0.4 is 0 Å². The Morgan fingerprint density at radius 1 is 0.537 bits per heavy atom. The molecule has 0 N–H and O–H groups in total. The van der Waals surface area contributed by atoms with E-state index < -0.39 is 0 Å². The minimum atomic E-state index is 0.194. The van der Waals surface area contributed by atoms with E-state index in [1.54, 1.807) is 0 Å². The van der Waals surface area contributed by atoms with E-state index in [1.165, 1.54) is 0 Å². The molecule has 208 valence electrons. The summed E-state index contributed by atoms with van der Waals surface area (Å²) in [5.74, 6) is 0. The Kier molecular flexibility index (Phi) is 11.1. The second-order valence-electron chi connectivity index (χ2n) is 9.53. The van der Waals surface area contributed by atoms with Crippen LogP contribution in [-0.4, -0.2) is 16.4 Å². The number of pyridine rings is 1. The van der Waals surface area contributed by atoms with E-state index in [9.17, 15) is 0 Å². The third-order valence-corrected chi connectivity index (χ3v) is 6.69. The molecule has 0 unspecified atom stereocenters. The van der Waals surface area contributed by atoms with Gasteiger partial charge in [0.05, 0.1) is 34.2 Å². The predicted molar refractivity (Wildman–Crippen MR) is 173 cm³/mol. The van der Waals surface area contributed by atoms with Crippen LogP contribution in [0.2, 0.25) is 0 Å². The summed E-state index contributed by atoms with van der Waals surface area (Å²) in [6, 6.07) is 39.5. The van der Waals surface area contributed by atoms with Crippen molar-refractivity contribution in [2.75, 3.05) is 0 Å². The Balaban J connectivity index is 0.00000124. The normalized spacial score (nSPS) is 11.7. The molecular formula is C35H31Cl2FeN3. The molecule has 0 spiro atoms. The van der Waals surface area contributed by atoms with Gasteiger partial charge in [0.2, 0.25) is 0 Å². The molecule has 0 saturated heterocycles. The number of aliphatic imine (C=N–C) groups is 2. The van der Waals surface area contributed by atoms with E-state index in [-0.39, 0.29) is 13.1 Å². The average molecular weight is 620 g/mol. The van der Waals surface area contributed by atoms with Crippen molar-refractivity contribution in [1.82, 2.24) is 4.98 Å². The number of benzene rings is 4. The molecule has 0 atom stereocenters. The molecule has 0 aliphatic heterocycles. The molecule has 6 heteroatoms. The Labute approximate surface area is 257 Å². The summed E-state index contributed by atoms with van der Waals surface area (Å²) in [6.07, 6.45) is 0. The molecule has 4 aromatic carbocycles. The molecule has 0 aliphatic rings. The SMILES string of the molecule is CC(=Nc1c(C)cccc1C)c1cccc(C(C)=Nc2c(-c3ccccc3)cccc2-c2ccccc2)n1.[Cl][Fe][Cl]. The number of aromatic nitrogens is 1. The van der Waals surface area contributed by atoms with Crippen LogP contribution in [0.3, 0.4) is 0 Å². The summed E-state index contributed by atoms with van der Waals surface area (Å²) in [5, 5.41) is 0. The summed E-state index contributed by atoms with van der Waals surface area (Å²) in [7, 11) is 9.53. The first-order valence-corrected chi connectivity index (χ1v) is 16.2. The van der Waals surface area contributed by atoms with Crippen molar-refractivity contribution in [3.63, 3.8) is 0 Å². The zero-order valence-electron chi connectivity index (χ0n) is 23.4. The first kappa shape index (κ1) is 30.4. The zero-order valence-corrected chi connectivity index (χ0v) is 26.0. The summed E-state index contributed by atoms with van der Waals surface area (Å²) >= 11 is 0.194. The van der Waals surface area contributed by atoms with Gasteiger partial charge in [0, 0.05) is 11.1 Å². The molecule has 3 nitrogen and oxygen atoms in total. The average Bonchev–Trinajstić information content (AvgIpc) is 3.00. The van der Waals surface area contributed by atoms with Crippen LogP contribution in [0.15, 0.2) is 125 Å². The van der Waals surface area contributed by atoms with Crippen LogP contribution in [0, 0.1) is 13.8 Å². The van der Waals surface area contributed by atoms with Gasteiger partial charge in [0.1, 0.15) is 0 Å². The Morgan fingerprint density at radius 2 is 0.927 bits per heavy atom. The Bertz CT molecular complexity index is 1590. The van der Waals surface area contributed by atoms with Gasteiger partial charge in [-0.25, -0.2) is 4.98 Å². The van der Waals surface area contributed by atoms with Gasteiger partial charge in [-0.3, -0.25) is 9.98 Å². The van der Waals surface area contributed by atoms with Crippen LogP contribution in [0.25, 0.3) is 22.3 Å². The molecule has 0 aliphatic carbocycles. The first-order chi connectivity index (χ1) is 19.9. The third-order valence-electron chi connectivity index (χ3n) is 6.69. The summed E-state index contributed by atoms with van der Waals surface area (Å²) in [5.41, 5.74) is 12.1. The number of hydrogen-bond acceptors (Lipinski definition) is 3. The number of rotatable bonds is 6. The van der Waals surface area contributed by atoms with Gasteiger partial charge in [-0.05, 0) is 62.1 Å². The summed E-state index contributed by atoms with van der Waals surface area (Å²) in [4.78, 5) is 15.1. The molecule has 0 bridgehead atoms. The Hall–Kier alpha value is -3.53. The predicted octanol–water partition coefficient (Wildman–Crippen LogP) is 10.7. The van der Waals surface area contributed by atoms with E-state index in [0.717, 1.165) is 67.6 Å². The first-order valence-electron chi connectivity index (χ1n) is 13.2. The van der Waals surface area contributed by atoms with Gasteiger partial charge in [0.25, 0.3) is 0 Å². The van der Waals surface area contributed by atoms with E-state index in [1.807, 2.05) is 44.2 Å². The molecule has 41 heavy (non-hydrogen) atoms. The zero-order chi connectivity index (χ0) is 29.2. The topological polar surface area (TPSA) is 37.6 Å². The van der Waals surface area contributed by atoms with Crippen molar-refractivity contribution in [2.45, 2.75) is 27.7 Å². The van der Waals surface area contributed by atoms with Gasteiger partial charge in [0.15, 0.2) is 0 Å². The fourth-order valence-electron chi connectivity index (χ4n) is 4.63. The summed E-state index contributed by atoms with van der Waals surface area (Å²) < 4.78 is 0.